The van der Waals surface area contributed by atoms with Crippen molar-refractivity contribution in [3.05, 3.63) is 42.1 Å². The van der Waals surface area contributed by atoms with Crippen LogP contribution in [0.2, 0.25) is 0 Å². The number of nitrogens with two attached hydrogens (primary N) is 1. The second-order valence-corrected chi connectivity index (χ2v) is 4.05. The lowest BCUT2D eigenvalue weighted by molar-refractivity contribution is -0.119. The molecule has 19 heavy (non-hydrogen) atoms. The van der Waals surface area contributed by atoms with E-state index < -0.39 is 0 Å². The summed E-state index contributed by atoms with van der Waals surface area (Å²) in [7, 11) is 1.66. The number of nitrogens with zero attached hydrogens (tertiary/aromatic N) is 4. The highest BCUT2D eigenvalue weighted by atomic mass is 16.2. The molecular weight excluding hydrogens is 242 g/mol. The Labute approximate surface area is 110 Å². The van der Waals surface area contributed by atoms with E-state index in [1.807, 2.05) is 6.07 Å². The third kappa shape index (κ3) is 2.90. The highest BCUT2D eigenvalue weighted by Gasteiger charge is 2.12. The monoisotopic (exact) mass is 255 g/mol. The first kappa shape index (κ1) is 12.6. The fraction of sp³-hybridized carbons (Fsp3) is 0.154. The number of rotatable bonds is 3. The molecule has 2 rings (SSSR count). The molecule has 0 unspecified atom stereocenters. The van der Waals surface area contributed by atoms with Crippen LogP contribution in [0.3, 0.4) is 0 Å². The SMILES string of the molecule is CN(C(=O)Cn1ccc(N)n1)c1cccc(C#N)c1. The largest absolute Gasteiger partial charge is 0.382 e. The van der Waals surface area contributed by atoms with Crippen molar-refractivity contribution in [3.8, 4) is 6.07 Å². The molecule has 6 heteroatoms. The highest BCUT2D eigenvalue weighted by Crippen LogP contribution is 2.14. The lowest BCUT2D eigenvalue weighted by Crippen LogP contribution is -2.30. The molecule has 0 saturated carbocycles. The summed E-state index contributed by atoms with van der Waals surface area (Å²) in [5, 5.41) is 12.8. The smallest absolute Gasteiger partial charge is 0.248 e. The van der Waals surface area contributed by atoms with Crippen molar-refractivity contribution < 1.29 is 4.79 Å². The van der Waals surface area contributed by atoms with Crippen molar-refractivity contribution in [2.75, 3.05) is 17.7 Å². The Hall–Kier alpha value is -2.81. The molecule has 0 atom stereocenters. The van der Waals surface area contributed by atoms with Gasteiger partial charge in [-0.2, -0.15) is 10.4 Å². The maximum atomic E-state index is 12.1. The third-order valence-electron chi connectivity index (χ3n) is 2.70. The van der Waals surface area contributed by atoms with E-state index >= 15 is 0 Å². The molecule has 2 N–H and O–H groups in total. The molecule has 0 aliphatic carbocycles. The maximum Gasteiger partial charge on any atom is 0.248 e. The Morgan fingerprint density at radius 2 is 2.32 bits per heavy atom. The summed E-state index contributed by atoms with van der Waals surface area (Å²) in [6.45, 7) is 0.102. The maximum absolute atomic E-state index is 12.1. The molecule has 2 aromatic rings. The van der Waals surface area contributed by atoms with Gasteiger partial charge in [0.2, 0.25) is 5.91 Å². The van der Waals surface area contributed by atoms with Crippen molar-refractivity contribution in [2.45, 2.75) is 6.54 Å². The standard InChI is InChI=1S/C13H13N5O/c1-17(11-4-2-3-10(7-11)8-14)13(19)9-18-6-5-12(15)16-18/h2-7H,9H2,1H3,(H2,15,16). The van der Waals surface area contributed by atoms with E-state index in [9.17, 15) is 4.79 Å². The molecule has 6 nitrogen and oxygen atoms in total. The van der Waals surface area contributed by atoms with Crippen LogP contribution in [0.5, 0.6) is 0 Å². The zero-order chi connectivity index (χ0) is 13.8. The topological polar surface area (TPSA) is 87.9 Å². The quantitative estimate of drug-likeness (QED) is 0.886. The number of carbonyl (C=O) groups excluding carboxylic acids is 1. The lowest BCUT2D eigenvalue weighted by atomic mass is 10.2. The molecule has 0 aliphatic rings. The van der Waals surface area contributed by atoms with E-state index in [-0.39, 0.29) is 12.5 Å². The van der Waals surface area contributed by atoms with Gasteiger partial charge in [0.05, 0.1) is 11.6 Å². The molecule has 96 valence electrons. The number of nitriles is 1. The second-order valence-electron chi connectivity index (χ2n) is 4.05. The Balaban J connectivity index is 2.12. The molecule has 0 radical (unpaired) electrons. The number of likely N-dealkylation sites (N-methyl/N-ethyl adjacent to an activating group) is 1. The second kappa shape index (κ2) is 5.23. The zero-order valence-corrected chi connectivity index (χ0v) is 10.4. The summed E-state index contributed by atoms with van der Waals surface area (Å²) in [6.07, 6.45) is 1.65. The fourth-order valence-corrected chi connectivity index (χ4v) is 1.64. The Morgan fingerprint density at radius 3 is 2.95 bits per heavy atom. The zero-order valence-electron chi connectivity index (χ0n) is 10.4. The van der Waals surface area contributed by atoms with Crippen LogP contribution in [0.1, 0.15) is 5.56 Å². The van der Waals surface area contributed by atoms with E-state index in [1.54, 1.807) is 43.6 Å². The van der Waals surface area contributed by atoms with Gasteiger partial charge in [-0.1, -0.05) is 6.07 Å². The average Bonchev–Trinajstić information content (AvgIpc) is 2.83. The van der Waals surface area contributed by atoms with Crippen molar-refractivity contribution in [3.63, 3.8) is 0 Å². The van der Waals surface area contributed by atoms with E-state index in [0.717, 1.165) is 0 Å². The van der Waals surface area contributed by atoms with Crippen molar-refractivity contribution in [1.82, 2.24) is 9.78 Å². The van der Waals surface area contributed by atoms with E-state index in [1.165, 1.54) is 9.58 Å². The molecule has 0 saturated heterocycles. The average molecular weight is 255 g/mol. The van der Waals surface area contributed by atoms with Crippen LogP contribution in [0.15, 0.2) is 36.5 Å². The predicted octanol–water partition coefficient (Wildman–Crippen LogP) is 1.000. The predicted molar refractivity (Wildman–Crippen MR) is 71.2 cm³/mol. The summed E-state index contributed by atoms with van der Waals surface area (Å²) in [6, 6.07) is 10.5. The number of benzene rings is 1. The number of aromatic nitrogens is 2. The molecule has 0 bridgehead atoms. The first-order valence-electron chi connectivity index (χ1n) is 5.66. The van der Waals surface area contributed by atoms with Gasteiger partial charge in [-0.3, -0.25) is 9.48 Å². The van der Waals surface area contributed by atoms with E-state index in [4.69, 9.17) is 11.0 Å². The van der Waals surface area contributed by atoms with Gasteiger partial charge < -0.3 is 10.6 Å². The Bertz CT molecular complexity index is 640. The summed E-state index contributed by atoms with van der Waals surface area (Å²) < 4.78 is 1.47. The number of nitrogen functional groups attached to an aromatic ring is 1. The summed E-state index contributed by atoms with van der Waals surface area (Å²) in [5.41, 5.74) is 6.67. The van der Waals surface area contributed by atoms with Crippen molar-refractivity contribution in [2.24, 2.45) is 0 Å². The number of amides is 1. The summed E-state index contributed by atoms with van der Waals surface area (Å²) in [5.74, 6) is 0.236. The Kier molecular flexibility index (Phi) is 3.48. The van der Waals surface area contributed by atoms with E-state index in [2.05, 4.69) is 5.10 Å². The highest BCUT2D eigenvalue weighted by molar-refractivity contribution is 5.92. The molecule has 1 heterocycles. The molecule has 0 fully saturated rings. The summed E-state index contributed by atoms with van der Waals surface area (Å²) >= 11 is 0. The van der Waals surface area contributed by atoms with Gasteiger partial charge in [0.25, 0.3) is 0 Å². The third-order valence-corrected chi connectivity index (χ3v) is 2.70. The molecule has 1 amide bonds. The molecule has 1 aromatic heterocycles. The molecular formula is C13H13N5O. The lowest BCUT2D eigenvalue weighted by Gasteiger charge is -2.17. The molecule has 0 spiro atoms. The summed E-state index contributed by atoms with van der Waals surface area (Å²) in [4.78, 5) is 13.5. The van der Waals surface area contributed by atoms with Gasteiger partial charge in [0.1, 0.15) is 12.4 Å². The van der Waals surface area contributed by atoms with Crippen LogP contribution in [0, 0.1) is 11.3 Å². The normalized spacial score (nSPS) is 9.89. The number of carbonyl (C=O) groups is 1. The van der Waals surface area contributed by atoms with Crippen LogP contribution >= 0.6 is 0 Å². The first-order chi connectivity index (χ1) is 9.10. The minimum Gasteiger partial charge on any atom is -0.382 e. The fourth-order valence-electron chi connectivity index (χ4n) is 1.64. The van der Waals surface area contributed by atoms with Gasteiger partial charge in [-0.25, -0.2) is 0 Å². The van der Waals surface area contributed by atoms with Crippen molar-refractivity contribution >= 4 is 17.4 Å². The van der Waals surface area contributed by atoms with Crippen molar-refractivity contribution in [1.29, 1.82) is 5.26 Å². The van der Waals surface area contributed by atoms with Gasteiger partial charge in [0, 0.05) is 18.9 Å². The number of hydrogen-bond donors (Lipinski definition) is 1. The van der Waals surface area contributed by atoms with Crippen LogP contribution in [-0.2, 0) is 11.3 Å². The van der Waals surface area contributed by atoms with Gasteiger partial charge in [-0.05, 0) is 24.3 Å². The number of anilines is 2. The van der Waals surface area contributed by atoms with Crippen LogP contribution in [0.4, 0.5) is 11.5 Å². The first-order valence-corrected chi connectivity index (χ1v) is 5.66. The molecule has 0 aliphatic heterocycles. The van der Waals surface area contributed by atoms with Crippen LogP contribution in [-0.4, -0.2) is 22.7 Å². The Morgan fingerprint density at radius 1 is 1.53 bits per heavy atom. The van der Waals surface area contributed by atoms with Crippen LogP contribution < -0.4 is 10.6 Å². The van der Waals surface area contributed by atoms with Gasteiger partial charge in [0.15, 0.2) is 0 Å². The molecule has 1 aromatic carbocycles. The van der Waals surface area contributed by atoms with Gasteiger partial charge in [-0.15, -0.1) is 0 Å². The number of hydrogen-bond acceptors (Lipinski definition) is 4. The minimum atomic E-state index is -0.141. The van der Waals surface area contributed by atoms with Crippen LogP contribution in [0.25, 0.3) is 0 Å². The van der Waals surface area contributed by atoms with E-state index in [0.29, 0.717) is 17.1 Å². The minimum absolute atomic E-state index is 0.102. The van der Waals surface area contributed by atoms with Gasteiger partial charge >= 0.3 is 0 Å².